The summed E-state index contributed by atoms with van der Waals surface area (Å²) >= 11 is 0. The Kier molecular flexibility index (Phi) is 4.02. The summed E-state index contributed by atoms with van der Waals surface area (Å²) in [6, 6.07) is 3.46. The van der Waals surface area contributed by atoms with Crippen LogP contribution in [0.5, 0.6) is 0 Å². The van der Waals surface area contributed by atoms with Crippen molar-refractivity contribution < 1.29 is 17.9 Å². The molecule has 104 valence electrons. The number of aromatic amines is 1. The number of sulfonamides is 1. The molecule has 6 nitrogen and oxygen atoms in total. The smallest absolute Gasteiger partial charge is 0.264 e. The summed E-state index contributed by atoms with van der Waals surface area (Å²) in [5, 5.41) is 14.6. The van der Waals surface area contributed by atoms with E-state index in [1.807, 2.05) is 0 Å². The minimum atomic E-state index is -4.03. The Hall–Kier alpha value is -2.37. The van der Waals surface area contributed by atoms with Crippen LogP contribution < -0.4 is 4.72 Å². The Labute approximate surface area is 114 Å². The second-order valence-electron chi connectivity index (χ2n) is 3.70. The number of halogens is 1. The van der Waals surface area contributed by atoms with Gasteiger partial charge in [0.1, 0.15) is 17.3 Å². The predicted octanol–water partition coefficient (Wildman–Crippen LogP) is 0.693. The Balaban J connectivity index is 2.33. The van der Waals surface area contributed by atoms with Gasteiger partial charge in [0.25, 0.3) is 10.0 Å². The Morgan fingerprint density at radius 3 is 2.85 bits per heavy atom. The zero-order valence-corrected chi connectivity index (χ0v) is 10.9. The van der Waals surface area contributed by atoms with Crippen molar-refractivity contribution in [3.8, 4) is 11.8 Å². The first-order valence-electron chi connectivity index (χ1n) is 5.44. The van der Waals surface area contributed by atoms with Gasteiger partial charge in [-0.3, -0.25) is 9.82 Å². The highest BCUT2D eigenvalue weighted by molar-refractivity contribution is 7.92. The number of aliphatic hydroxyl groups excluding tert-OH is 1. The summed E-state index contributed by atoms with van der Waals surface area (Å²) in [6.45, 7) is -0.357. The van der Waals surface area contributed by atoms with Gasteiger partial charge in [-0.15, -0.1) is 0 Å². The van der Waals surface area contributed by atoms with E-state index in [2.05, 4.69) is 26.8 Å². The van der Waals surface area contributed by atoms with Crippen LogP contribution in [-0.2, 0) is 10.0 Å². The minimum absolute atomic E-state index is 0.202. The number of rotatable bonds is 3. The predicted molar refractivity (Wildman–Crippen MR) is 69.8 cm³/mol. The summed E-state index contributed by atoms with van der Waals surface area (Å²) in [6.07, 6.45) is 2.59. The molecule has 8 heteroatoms. The van der Waals surface area contributed by atoms with E-state index in [1.54, 1.807) is 0 Å². The van der Waals surface area contributed by atoms with Gasteiger partial charge in [0.15, 0.2) is 0 Å². The zero-order valence-electron chi connectivity index (χ0n) is 10.1. The fraction of sp³-hybridized carbons (Fsp3) is 0.0833. The van der Waals surface area contributed by atoms with Gasteiger partial charge >= 0.3 is 0 Å². The maximum atomic E-state index is 13.8. The van der Waals surface area contributed by atoms with Crippen molar-refractivity contribution >= 4 is 15.7 Å². The molecule has 2 rings (SSSR count). The van der Waals surface area contributed by atoms with Gasteiger partial charge in [0.05, 0.1) is 11.9 Å². The molecule has 0 radical (unpaired) electrons. The van der Waals surface area contributed by atoms with Crippen molar-refractivity contribution in [3.63, 3.8) is 0 Å². The molecule has 3 N–H and O–H groups in total. The molecule has 1 aromatic heterocycles. The molecule has 0 unspecified atom stereocenters. The molecule has 0 atom stereocenters. The zero-order chi connectivity index (χ0) is 14.6. The highest BCUT2D eigenvalue weighted by atomic mass is 32.2. The molecule has 0 amide bonds. The van der Waals surface area contributed by atoms with Crippen molar-refractivity contribution in [2.75, 3.05) is 11.3 Å². The lowest BCUT2D eigenvalue weighted by atomic mass is 10.2. The van der Waals surface area contributed by atoms with Gasteiger partial charge in [-0.2, -0.15) is 5.10 Å². The van der Waals surface area contributed by atoms with Crippen LogP contribution in [0.25, 0.3) is 0 Å². The molecule has 0 bridgehead atoms. The van der Waals surface area contributed by atoms with Crippen LogP contribution in [0.3, 0.4) is 0 Å². The SMILES string of the molecule is O=S(=O)(Nc1cn[nH]c1)c1ccc(C#CCO)cc1F. The largest absolute Gasteiger partial charge is 0.384 e. The van der Waals surface area contributed by atoms with E-state index in [9.17, 15) is 12.8 Å². The van der Waals surface area contributed by atoms with Crippen molar-refractivity contribution in [2.45, 2.75) is 4.90 Å². The molecule has 0 saturated heterocycles. The van der Waals surface area contributed by atoms with Gasteiger partial charge in [-0.05, 0) is 18.2 Å². The van der Waals surface area contributed by atoms with Gasteiger partial charge in [0, 0.05) is 11.8 Å². The normalized spacial score (nSPS) is 10.7. The average molecular weight is 295 g/mol. The van der Waals surface area contributed by atoms with Crippen LogP contribution in [0.2, 0.25) is 0 Å². The molecular formula is C12H10FN3O3S. The van der Waals surface area contributed by atoms with E-state index in [1.165, 1.54) is 18.5 Å². The van der Waals surface area contributed by atoms with Crippen LogP contribution in [0.1, 0.15) is 5.56 Å². The molecule has 0 saturated carbocycles. The molecule has 20 heavy (non-hydrogen) atoms. The van der Waals surface area contributed by atoms with Crippen LogP contribution in [-0.4, -0.2) is 30.3 Å². The fourth-order valence-electron chi connectivity index (χ4n) is 1.45. The monoisotopic (exact) mass is 295 g/mol. The number of aliphatic hydroxyl groups is 1. The van der Waals surface area contributed by atoms with Crippen LogP contribution in [0.15, 0.2) is 35.5 Å². The lowest BCUT2D eigenvalue weighted by Crippen LogP contribution is -2.14. The first kappa shape index (κ1) is 14.0. The van der Waals surface area contributed by atoms with E-state index in [4.69, 9.17) is 5.11 Å². The summed E-state index contributed by atoms with van der Waals surface area (Å²) in [5.41, 5.74) is 0.479. The number of nitrogens with zero attached hydrogens (tertiary/aromatic N) is 1. The summed E-state index contributed by atoms with van der Waals surface area (Å²) in [4.78, 5) is -0.492. The molecule has 1 heterocycles. The summed E-state index contributed by atoms with van der Waals surface area (Å²) < 4.78 is 40.0. The number of hydrogen-bond acceptors (Lipinski definition) is 4. The van der Waals surface area contributed by atoms with Gasteiger partial charge < -0.3 is 5.11 Å². The van der Waals surface area contributed by atoms with E-state index in [0.717, 1.165) is 12.1 Å². The van der Waals surface area contributed by atoms with Crippen LogP contribution in [0, 0.1) is 17.7 Å². The number of hydrogen-bond donors (Lipinski definition) is 3. The average Bonchev–Trinajstić information content (AvgIpc) is 2.88. The molecule has 1 aromatic carbocycles. The maximum absolute atomic E-state index is 13.8. The lowest BCUT2D eigenvalue weighted by Gasteiger charge is -2.07. The second-order valence-corrected chi connectivity index (χ2v) is 5.35. The van der Waals surface area contributed by atoms with Crippen LogP contribution >= 0.6 is 0 Å². The number of nitrogens with one attached hydrogen (secondary N) is 2. The highest BCUT2D eigenvalue weighted by Crippen LogP contribution is 2.19. The van der Waals surface area contributed by atoms with Crippen LogP contribution in [0.4, 0.5) is 10.1 Å². The molecule has 0 aliphatic heterocycles. The first-order chi connectivity index (χ1) is 9.53. The Bertz CT molecular complexity index is 761. The second kappa shape index (κ2) is 5.73. The van der Waals surface area contributed by atoms with Gasteiger partial charge in [0.2, 0.25) is 0 Å². The fourth-order valence-corrected chi connectivity index (χ4v) is 2.55. The molecule has 0 aliphatic rings. The highest BCUT2D eigenvalue weighted by Gasteiger charge is 2.19. The lowest BCUT2D eigenvalue weighted by molar-refractivity contribution is 0.350. The Morgan fingerprint density at radius 1 is 1.45 bits per heavy atom. The van der Waals surface area contributed by atoms with E-state index in [-0.39, 0.29) is 17.9 Å². The van der Waals surface area contributed by atoms with E-state index >= 15 is 0 Å². The van der Waals surface area contributed by atoms with Gasteiger partial charge in [-0.1, -0.05) is 11.8 Å². The van der Waals surface area contributed by atoms with E-state index < -0.39 is 20.7 Å². The van der Waals surface area contributed by atoms with Gasteiger partial charge in [-0.25, -0.2) is 12.8 Å². The minimum Gasteiger partial charge on any atom is -0.384 e. The molecule has 0 spiro atoms. The summed E-state index contributed by atoms with van der Waals surface area (Å²) in [5.74, 6) is 3.91. The molecule has 2 aromatic rings. The quantitative estimate of drug-likeness (QED) is 0.726. The summed E-state index contributed by atoms with van der Waals surface area (Å²) in [7, 11) is -4.03. The first-order valence-corrected chi connectivity index (χ1v) is 6.92. The van der Waals surface area contributed by atoms with Crippen molar-refractivity contribution in [2.24, 2.45) is 0 Å². The van der Waals surface area contributed by atoms with Crippen molar-refractivity contribution in [3.05, 3.63) is 42.0 Å². The number of benzene rings is 1. The van der Waals surface area contributed by atoms with Crippen molar-refractivity contribution in [1.82, 2.24) is 10.2 Å². The number of H-pyrrole nitrogens is 1. The third-order valence-corrected chi connectivity index (χ3v) is 3.70. The van der Waals surface area contributed by atoms with Crippen molar-refractivity contribution in [1.29, 1.82) is 0 Å². The molecular weight excluding hydrogens is 285 g/mol. The molecule has 0 fully saturated rings. The third kappa shape index (κ3) is 3.14. The number of anilines is 1. The topological polar surface area (TPSA) is 95.1 Å². The maximum Gasteiger partial charge on any atom is 0.264 e. The van der Waals surface area contributed by atoms with E-state index in [0.29, 0.717) is 0 Å². The molecule has 0 aliphatic carbocycles. The Morgan fingerprint density at radius 2 is 2.25 bits per heavy atom. The third-order valence-electron chi connectivity index (χ3n) is 2.28. The standard InChI is InChI=1S/C12H10FN3O3S/c13-11-6-9(2-1-5-17)3-4-12(11)20(18,19)16-10-7-14-15-8-10/h3-4,6-8,16-17H,5H2,(H,14,15). The number of aromatic nitrogens is 2.